The van der Waals surface area contributed by atoms with Crippen molar-refractivity contribution in [1.82, 2.24) is 0 Å². The summed E-state index contributed by atoms with van der Waals surface area (Å²) in [5, 5.41) is 11.8. The van der Waals surface area contributed by atoms with E-state index in [9.17, 15) is 18.0 Å². The molecule has 6 heteroatoms. The third-order valence-electron chi connectivity index (χ3n) is 2.87. The van der Waals surface area contributed by atoms with E-state index in [4.69, 9.17) is 5.11 Å². The Morgan fingerprint density at radius 1 is 1.14 bits per heavy atom. The van der Waals surface area contributed by atoms with Crippen LogP contribution >= 0.6 is 0 Å². The molecule has 0 aliphatic heterocycles. The van der Waals surface area contributed by atoms with Crippen LogP contribution in [-0.4, -0.2) is 11.1 Å². The van der Waals surface area contributed by atoms with Gasteiger partial charge in [-0.25, -0.2) is 4.79 Å². The van der Waals surface area contributed by atoms with Gasteiger partial charge in [-0.05, 0) is 37.3 Å². The summed E-state index contributed by atoms with van der Waals surface area (Å²) >= 11 is 0. The summed E-state index contributed by atoms with van der Waals surface area (Å²) in [5.74, 6) is -1.15. The number of rotatable bonds is 3. The number of hydrogen-bond acceptors (Lipinski definition) is 2. The van der Waals surface area contributed by atoms with Crippen molar-refractivity contribution in [1.29, 1.82) is 0 Å². The molecule has 0 bridgehead atoms. The van der Waals surface area contributed by atoms with Gasteiger partial charge >= 0.3 is 12.1 Å². The first kappa shape index (κ1) is 14.9. The summed E-state index contributed by atoms with van der Waals surface area (Å²) in [6.45, 7) is 1.74. The van der Waals surface area contributed by atoms with Crippen molar-refractivity contribution >= 4 is 17.3 Å². The van der Waals surface area contributed by atoms with Crippen molar-refractivity contribution < 1.29 is 23.1 Å². The number of carbonyl (C=O) groups is 1. The standard InChI is InChI=1S/C15H12F3NO2/c1-9-5-6-13(12(7-9)14(20)21)19-11-4-2-3-10(8-11)15(16,17)18/h2-8,19H,1H3,(H,20,21). The molecule has 2 aromatic carbocycles. The van der Waals surface area contributed by atoms with Gasteiger partial charge in [0.1, 0.15) is 0 Å². The Morgan fingerprint density at radius 3 is 2.48 bits per heavy atom. The number of aromatic carboxylic acids is 1. The number of halogens is 3. The molecule has 0 fully saturated rings. The summed E-state index contributed by atoms with van der Waals surface area (Å²) in [5.41, 5.74) is 0.384. The number of anilines is 2. The number of nitrogens with one attached hydrogen (secondary N) is 1. The van der Waals surface area contributed by atoms with E-state index in [1.807, 2.05) is 0 Å². The largest absolute Gasteiger partial charge is 0.478 e. The summed E-state index contributed by atoms with van der Waals surface area (Å²) in [6.07, 6.45) is -4.44. The zero-order valence-corrected chi connectivity index (χ0v) is 11.0. The van der Waals surface area contributed by atoms with Crippen LogP contribution < -0.4 is 5.32 Å². The van der Waals surface area contributed by atoms with Crippen molar-refractivity contribution in [2.45, 2.75) is 13.1 Å². The van der Waals surface area contributed by atoms with E-state index >= 15 is 0 Å². The molecule has 3 nitrogen and oxygen atoms in total. The molecule has 0 amide bonds. The second kappa shape index (κ2) is 5.47. The van der Waals surface area contributed by atoms with Gasteiger partial charge in [0.25, 0.3) is 0 Å². The fraction of sp³-hybridized carbons (Fsp3) is 0.133. The molecule has 0 radical (unpaired) electrons. The van der Waals surface area contributed by atoms with Gasteiger partial charge in [0, 0.05) is 5.69 Å². The van der Waals surface area contributed by atoms with Crippen LogP contribution in [0.15, 0.2) is 42.5 Å². The lowest BCUT2D eigenvalue weighted by Crippen LogP contribution is -2.06. The highest BCUT2D eigenvalue weighted by Gasteiger charge is 2.30. The molecule has 21 heavy (non-hydrogen) atoms. The van der Waals surface area contributed by atoms with E-state index in [1.54, 1.807) is 13.0 Å². The molecule has 0 aliphatic carbocycles. The van der Waals surface area contributed by atoms with Crippen LogP contribution in [-0.2, 0) is 6.18 Å². The Bertz CT molecular complexity index is 681. The minimum absolute atomic E-state index is 0.00686. The van der Waals surface area contributed by atoms with E-state index < -0.39 is 17.7 Å². The minimum atomic E-state index is -4.44. The summed E-state index contributed by atoms with van der Waals surface area (Å²) < 4.78 is 37.9. The van der Waals surface area contributed by atoms with Gasteiger partial charge in [0.05, 0.1) is 16.8 Å². The van der Waals surface area contributed by atoms with Crippen LogP contribution in [0.1, 0.15) is 21.5 Å². The molecule has 2 N–H and O–H groups in total. The molecule has 0 saturated carbocycles. The zero-order chi connectivity index (χ0) is 15.6. The molecule has 0 unspecified atom stereocenters. The summed E-state index contributed by atoms with van der Waals surface area (Å²) in [7, 11) is 0. The normalized spacial score (nSPS) is 11.2. The smallest absolute Gasteiger partial charge is 0.416 e. The van der Waals surface area contributed by atoms with Crippen molar-refractivity contribution in [3.8, 4) is 0 Å². The van der Waals surface area contributed by atoms with Crippen LogP contribution in [0.5, 0.6) is 0 Å². The van der Waals surface area contributed by atoms with E-state index in [-0.39, 0.29) is 16.9 Å². The molecule has 110 valence electrons. The predicted molar refractivity (Wildman–Crippen MR) is 72.9 cm³/mol. The summed E-state index contributed by atoms with van der Waals surface area (Å²) in [6, 6.07) is 9.27. The number of aryl methyl sites for hydroxylation is 1. The average molecular weight is 295 g/mol. The van der Waals surface area contributed by atoms with Gasteiger partial charge in [0.15, 0.2) is 0 Å². The molecular weight excluding hydrogens is 283 g/mol. The Hall–Kier alpha value is -2.50. The number of carboxylic acid groups (broad SMARTS) is 1. The fourth-order valence-corrected chi connectivity index (χ4v) is 1.87. The topological polar surface area (TPSA) is 49.3 Å². The molecule has 0 atom stereocenters. The zero-order valence-electron chi connectivity index (χ0n) is 11.0. The molecular formula is C15H12F3NO2. The second-order valence-corrected chi connectivity index (χ2v) is 4.56. The van der Waals surface area contributed by atoms with Gasteiger partial charge in [-0.15, -0.1) is 0 Å². The van der Waals surface area contributed by atoms with Gasteiger partial charge in [0.2, 0.25) is 0 Å². The first-order valence-electron chi connectivity index (χ1n) is 6.05. The molecule has 2 aromatic rings. The predicted octanol–water partition coefficient (Wildman–Crippen LogP) is 4.46. The quantitative estimate of drug-likeness (QED) is 0.879. The molecule has 0 aromatic heterocycles. The minimum Gasteiger partial charge on any atom is -0.478 e. The lowest BCUT2D eigenvalue weighted by molar-refractivity contribution is -0.137. The fourth-order valence-electron chi connectivity index (χ4n) is 1.87. The lowest BCUT2D eigenvalue weighted by Gasteiger charge is -2.12. The van der Waals surface area contributed by atoms with E-state index in [0.717, 1.165) is 17.7 Å². The number of alkyl halides is 3. The second-order valence-electron chi connectivity index (χ2n) is 4.56. The van der Waals surface area contributed by atoms with Gasteiger partial charge in [-0.3, -0.25) is 0 Å². The molecule has 0 heterocycles. The van der Waals surface area contributed by atoms with Crippen LogP contribution in [0, 0.1) is 6.92 Å². The van der Waals surface area contributed by atoms with E-state index in [1.165, 1.54) is 24.3 Å². The SMILES string of the molecule is Cc1ccc(Nc2cccc(C(F)(F)F)c2)c(C(=O)O)c1. The Labute approximate surface area is 119 Å². The van der Waals surface area contributed by atoms with E-state index in [0.29, 0.717) is 0 Å². The highest BCUT2D eigenvalue weighted by atomic mass is 19.4. The first-order valence-corrected chi connectivity index (χ1v) is 6.05. The number of carboxylic acids is 1. The first-order chi connectivity index (χ1) is 9.77. The van der Waals surface area contributed by atoms with Crippen LogP contribution in [0.4, 0.5) is 24.5 Å². The Kier molecular flexibility index (Phi) is 3.88. The lowest BCUT2D eigenvalue weighted by atomic mass is 10.1. The molecule has 0 spiro atoms. The average Bonchev–Trinajstić information content (AvgIpc) is 2.40. The highest BCUT2D eigenvalue weighted by Crippen LogP contribution is 2.32. The Balaban J connectivity index is 2.37. The van der Waals surface area contributed by atoms with Crippen LogP contribution in [0.3, 0.4) is 0 Å². The number of benzene rings is 2. The third-order valence-corrected chi connectivity index (χ3v) is 2.87. The molecule has 0 saturated heterocycles. The van der Waals surface area contributed by atoms with Gasteiger partial charge < -0.3 is 10.4 Å². The third kappa shape index (κ3) is 3.53. The summed E-state index contributed by atoms with van der Waals surface area (Å²) in [4.78, 5) is 11.2. The maximum absolute atomic E-state index is 12.6. The van der Waals surface area contributed by atoms with E-state index in [2.05, 4.69) is 5.32 Å². The molecule has 0 aliphatic rings. The van der Waals surface area contributed by atoms with Gasteiger partial charge in [-0.2, -0.15) is 13.2 Å². The monoisotopic (exact) mass is 295 g/mol. The maximum Gasteiger partial charge on any atom is 0.416 e. The maximum atomic E-state index is 12.6. The number of hydrogen-bond donors (Lipinski definition) is 2. The van der Waals surface area contributed by atoms with Crippen molar-refractivity contribution in [2.75, 3.05) is 5.32 Å². The van der Waals surface area contributed by atoms with Crippen LogP contribution in [0.2, 0.25) is 0 Å². The Morgan fingerprint density at radius 2 is 1.86 bits per heavy atom. The van der Waals surface area contributed by atoms with Crippen molar-refractivity contribution in [3.05, 3.63) is 59.2 Å². The molecule has 2 rings (SSSR count). The highest BCUT2D eigenvalue weighted by molar-refractivity contribution is 5.95. The van der Waals surface area contributed by atoms with Crippen molar-refractivity contribution in [2.24, 2.45) is 0 Å². The van der Waals surface area contributed by atoms with Crippen molar-refractivity contribution in [3.63, 3.8) is 0 Å². The van der Waals surface area contributed by atoms with Gasteiger partial charge in [-0.1, -0.05) is 17.7 Å². The van der Waals surface area contributed by atoms with Crippen LogP contribution in [0.25, 0.3) is 0 Å².